The molecule has 4 heterocycles. The van der Waals surface area contributed by atoms with Gasteiger partial charge >= 0.3 is 0 Å². The van der Waals surface area contributed by atoms with Crippen LogP contribution >= 0.6 is 0 Å². The minimum Gasteiger partial charge on any atom is -0.338 e. The molecule has 152 valence electrons. The van der Waals surface area contributed by atoms with Crippen LogP contribution in [0.3, 0.4) is 0 Å². The van der Waals surface area contributed by atoms with Gasteiger partial charge in [0.1, 0.15) is 5.69 Å². The standard InChI is InChI=1S/C24H29N3O2/c28-23(12-5-4-10-19-8-2-1-3-9-19)27-17-20-13-14-21(27)18-26(16-20)24(29)22-11-6-7-15-25-22/h1-3,6-9,11,15,20-21H,4-5,10,12-14,16-18H2/t20-,21+/m1/s1. The van der Waals surface area contributed by atoms with Crippen LogP contribution in [0.15, 0.2) is 54.7 Å². The number of carbonyl (C=O) groups excluding carboxylic acids is 2. The molecule has 0 spiro atoms. The van der Waals surface area contributed by atoms with Gasteiger partial charge in [0.2, 0.25) is 5.91 Å². The summed E-state index contributed by atoms with van der Waals surface area (Å²) in [5, 5.41) is 0. The summed E-state index contributed by atoms with van der Waals surface area (Å²) in [5.41, 5.74) is 1.82. The number of amides is 2. The molecule has 29 heavy (non-hydrogen) atoms. The summed E-state index contributed by atoms with van der Waals surface area (Å²) in [6.45, 7) is 2.14. The maximum absolute atomic E-state index is 12.9. The van der Waals surface area contributed by atoms with Gasteiger partial charge in [0.05, 0.1) is 0 Å². The number of piperidine rings is 1. The van der Waals surface area contributed by atoms with E-state index in [0.717, 1.165) is 45.2 Å². The number of aryl methyl sites for hydroxylation is 1. The van der Waals surface area contributed by atoms with E-state index in [1.807, 2.05) is 23.1 Å². The van der Waals surface area contributed by atoms with Crippen molar-refractivity contribution in [3.8, 4) is 0 Å². The number of benzene rings is 1. The van der Waals surface area contributed by atoms with Crippen LogP contribution in [0.25, 0.3) is 0 Å². The van der Waals surface area contributed by atoms with Crippen molar-refractivity contribution in [2.75, 3.05) is 19.6 Å². The second-order valence-corrected chi connectivity index (χ2v) is 8.26. The number of rotatable bonds is 6. The van der Waals surface area contributed by atoms with Gasteiger partial charge in [0, 0.05) is 38.3 Å². The van der Waals surface area contributed by atoms with Crippen LogP contribution in [-0.2, 0) is 11.2 Å². The van der Waals surface area contributed by atoms with Crippen LogP contribution in [-0.4, -0.2) is 52.3 Å². The van der Waals surface area contributed by atoms with Gasteiger partial charge in [-0.15, -0.1) is 0 Å². The maximum atomic E-state index is 12.9. The Balaban J connectivity index is 1.31. The molecule has 3 aliphatic rings. The molecular weight excluding hydrogens is 362 g/mol. The number of unbranched alkanes of at least 4 members (excludes halogenated alkanes) is 1. The van der Waals surface area contributed by atoms with Gasteiger partial charge in [-0.2, -0.15) is 0 Å². The molecule has 3 saturated heterocycles. The van der Waals surface area contributed by atoms with Crippen molar-refractivity contribution in [3.63, 3.8) is 0 Å². The molecule has 5 nitrogen and oxygen atoms in total. The lowest BCUT2D eigenvalue weighted by atomic mass is 9.94. The second-order valence-electron chi connectivity index (χ2n) is 8.26. The Hall–Kier alpha value is -2.69. The van der Waals surface area contributed by atoms with E-state index < -0.39 is 0 Å². The SMILES string of the molecule is O=C(c1ccccn1)N1C[C@H]2CC[C@@H](C1)N(C(=O)CCCCc1ccccc1)C2. The molecule has 1 aromatic heterocycles. The quantitative estimate of drug-likeness (QED) is 0.708. The summed E-state index contributed by atoms with van der Waals surface area (Å²) in [5.74, 6) is 0.606. The average molecular weight is 392 g/mol. The maximum Gasteiger partial charge on any atom is 0.272 e. The summed E-state index contributed by atoms with van der Waals surface area (Å²) in [7, 11) is 0. The van der Waals surface area contributed by atoms with Crippen molar-refractivity contribution in [1.82, 2.24) is 14.8 Å². The summed E-state index contributed by atoms with van der Waals surface area (Å²) in [4.78, 5) is 33.9. The van der Waals surface area contributed by atoms with Crippen molar-refractivity contribution in [3.05, 3.63) is 66.0 Å². The first-order chi connectivity index (χ1) is 14.2. The highest BCUT2D eigenvalue weighted by molar-refractivity contribution is 5.92. The topological polar surface area (TPSA) is 53.5 Å². The molecule has 3 aliphatic heterocycles. The minimum absolute atomic E-state index is 0.0142. The van der Waals surface area contributed by atoms with E-state index >= 15 is 0 Å². The van der Waals surface area contributed by atoms with Crippen molar-refractivity contribution in [2.45, 2.75) is 44.6 Å². The van der Waals surface area contributed by atoms with E-state index in [1.54, 1.807) is 12.3 Å². The fraction of sp³-hybridized carbons (Fsp3) is 0.458. The van der Waals surface area contributed by atoms with Crippen LogP contribution < -0.4 is 0 Å². The van der Waals surface area contributed by atoms with Gasteiger partial charge in [-0.05, 0) is 55.7 Å². The lowest BCUT2D eigenvalue weighted by Gasteiger charge is -2.36. The summed E-state index contributed by atoms with van der Waals surface area (Å²) >= 11 is 0. The molecular formula is C24H29N3O2. The van der Waals surface area contributed by atoms with Gasteiger partial charge in [0.25, 0.3) is 5.91 Å². The van der Waals surface area contributed by atoms with E-state index in [2.05, 4.69) is 34.1 Å². The third-order valence-electron chi connectivity index (χ3n) is 6.15. The zero-order valence-electron chi connectivity index (χ0n) is 16.9. The molecule has 1 aromatic carbocycles. The number of aromatic nitrogens is 1. The Labute approximate surface area is 172 Å². The Bertz CT molecular complexity index is 825. The lowest BCUT2D eigenvalue weighted by molar-refractivity contribution is -0.135. The lowest BCUT2D eigenvalue weighted by Crippen LogP contribution is -2.47. The van der Waals surface area contributed by atoms with Gasteiger partial charge < -0.3 is 9.80 Å². The monoisotopic (exact) mass is 391 g/mol. The highest BCUT2D eigenvalue weighted by Crippen LogP contribution is 2.29. The zero-order chi connectivity index (χ0) is 20.1. The predicted octanol–water partition coefficient (Wildman–Crippen LogP) is 3.56. The molecule has 2 atom stereocenters. The Morgan fingerprint density at radius 3 is 2.55 bits per heavy atom. The number of hydrogen-bond acceptors (Lipinski definition) is 3. The first-order valence-corrected chi connectivity index (χ1v) is 10.7. The average Bonchev–Trinajstić information content (AvgIpc) is 3.09. The van der Waals surface area contributed by atoms with Crippen molar-refractivity contribution >= 4 is 11.8 Å². The van der Waals surface area contributed by atoms with E-state index in [4.69, 9.17) is 0 Å². The van der Waals surface area contributed by atoms with Crippen LogP contribution in [0.5, 0.6) is 0 Å². The highest BCUT2D eigenvalue weighted by atomic mass is 16.2. The van der Waals surface area contributed by atoms with E-state index in [-0.39, 0.29) is 17.9 Å². The third kappa shape index (κ3) is 4.84. The Kier molecular flexibility index (Phi) is 6.23. The largest absolute Gasteiger partial charge is 0.338 e. The molecule has 5 heteroatoms. The van der Waals surface area contributed by atoms with Crippen LogP contribution in [0.4, 0.5) is 0 Å². The molecule has 0 radical (unpaired) electrons. The van der Waals surface area contributed by atoms with Crippen molar-refractivity contribution < 1.29 is 9.59 Å². The Morgan fingerprint density at radius 2 is 1.76 bits per heavy atom. The third-order valence-corrected chi connectivity index (χ3v) is 6.15. The van der Waals surface area contributed by atoms with Crippen LogP contribution in [0, 0.1) is 5.92 Å². The second kappa shape index (κ2) is 9.21. The smallest absolute Gasteiger partial charge is 0.272 e. The predicted molar refractivity (Wildman–Crippen MR) is 112 cm³/mol. The summed E-state index contributed by atoms with van der Waals surface area (Å²) in [6, 6.07) is 16.0. The molecule has 2 bridgehead atoms. The first kappa shape index (κ1) is 19.6. The van der Waals surface area contributed by atoms with Gasteiger partial charge in [-0.25, -0.2) is 0 Å². The minimum atomic E-state index is -0.0142. The fourth-order valence-corrected chi connectivity index (χ4v) is 4.60. The summed E-state index contributed by atoms with van der Waals surface area (Å²) < 4.78 is 0. The molecule has 0 saturated carbocycles. The normalized spacial score (nSPS) is 21.1. The number of carbonyl (C=O) groups is 2. The van der Waals surface area contributed by atoms with Crippen LogP contribution in [0.2, 0.25) is 0 Å². The molecule has 0 aliphatic carbocycles. The molecule has 3 fully saturated rings. The molecule has 2 amide bonds. The van der Waals surface area contributed by atoms with Crippen molar-refractivity contribution in [2.24, 2.45) is 5.92 Å². The first-order valence-electron chi connectivity index (χ1n) is 10.7. The Morgan fingerprint density at radius 1 is 0.931 bits per heavy atom. The van der Waals surface area contributed by atoms with Gasteiger partial charge in [-0.1, -0.05) is 36.4 Å². The van der Waals surface area contributed by atoms with E-state index in [9.17, 15) is 9.59 Å². The molecule has 0 N–H and O–H groups in total. The van der Waals surface area contributed by atoms with Crippen molar-refractivity contribution in [1.29, 1.82) is 0 Å². The van der Waals surface area contributed by atoms with Gasteiger partial charge in [-0.3, -0.25) is 14.6 Å². The summed E-state index contributed by atoms with van der Waals surface area (Å²) in [6.07, 6.45) is 7.31. The highest BCUT2D eigenvalue weighted by Gasteiger charge is 2.38. The number of fused-ring (bicyclic) bond motifs is 4. The number of hydrogen-bond donors (Lipinski definition) is 0. The van der Waals surface area contributed by atoms with E-state index in [0.29, 0.717) is 24.6 Å². The van der Waals surface area contributed by atoms with E-state index in [1.165, 1.54) is 5.56 Å². The molecule has 0 unspecified atom stereocenters. The van der Waals surface area contributed by atoms with Crippen LogP contribution in [0.1, 0.15) is 48.2 Å². The molecule has 5 rings (SSSR count). The molecule has 2 aromatic rings. The fourth-order valence-electron chi connectivity index (χ4n) is 4.60. The zero-order valence-corrected chi connectivity index (χ0v) is 16.9. The van der Waals surface area contributed by atoms with Gasteiger partial charge in [0.15, 0.2) is 0 Å². The number of nitrogens with zero attached hydrogens (tertiary/aromatic N) is 3. The number of pyridine rings is 1.